The summed E-state index contributed by atoms with van der Waals surface area (Å²) in [5.74, 6) is 0.0504. The maximum absolute atomic E-state index is 13.3. The largest absolute Gasteiger partial charge is 0.493 e. The van der Waals surface area contributed by atoms with E-state index >= 15 is 0 Å². The third-order valence-corrected chi connectivity index (χ3v) is 7.88. The Kier molecular flexibility index (Phi) is 13.4. The van der Waals surface area contributed by atoms with Crippen molar-refractivity contribution in [1.82, 2.24) is 4.57 Å². The summed E-state index contributed by atoms with van der Waals surface area (Å²) in [5.41, 5.74) is 9.87. The van der Waals surface area contributed by atoms with Crippen molar-refractivity contribution in [3.63, 3.8) is 0 Å². The van der Waals surface area contributed by atoms with Crippen LogP contribution in [0, 0.1) is 11.3 Å². The first kappa shape index (κ1) is 35.1. The Hall–Kier alpha value is -4.39. The number of aromatic nitrogens is 1. The zero-order chi connectivity index (χ0) is 32.9. The van der Waals surface area contributed by atoms with Gasteiger partial charge < -0.3 is 34.0 Å². The fourth-order valence-electron chi connectivity index (χ4n) is 5.85. The number of fused-ring (bicyclic) bond motifs is 1. The second kappa shape index (κ2) is 17.2. The number of nitriles is 1. The molecule has 0 fully saturated rings. The molecule has 0 atom stereocenters. The second-order valence-corrected chi connectivity index (χ2v) is 10.8. The number of nitrogens with two attached hydrogens (primary N) is 1. The van der Waals surface area contributed by atoms with E-state index in [1.807, 2.05) is 18.2 Å². The van der Waals surface area contributed by atoms with Gasteiger partial charge in [-0.05, 0) is 61.6 Å². The van der Waals surface area contributed by atoms with Gasteiger partial charge in [0.15, 0.2) is 17.2 Å². The first-order valence-corrected chi connectivity index (χ1v) is 15.8. The van der Waals surface area contributed by atoms with Crippen LogP contribution in [-0.4, -0.2) is 51.0 Å². The number of carbonyl (C=O) groups excluding carboxylic acids is 2. The zero-order valence-corrected chi connectivity index (χ0v) is 27.5. The van der Waals surface area contributed by atoms with Crippen LogP contribution in [0.2, 0.25) is 0 Å². The molecule has 2 N–H and O–H groups in total. The third kappa shape index (κ3) is 8.01. The molecule has 0 amide bonds. The lowest BCUT2D eigenvalue weighted by Crippen LogP contribution is -2.20. The molecule has 0 spiro atoms. The number of nitrogens with zero attached hydrogens (tertiary/aromatic N) is 2. The maximum Gasteiger partial charge on any atom is 0.357 e. The molecule has 3 rings (SSSR count). The van der Waals surface area contributed by atoms with Gasteiger partial charge in [0.1, 0.15) is 12.6 Å². The van der Waals surface area contributed by atoms with Crippen molar-refractivity contribution in [2.24, 2.45) is 0 Å². The van der Waals surface area contributed by atoms with Crippen molar-refractivity contribution in [1.29, 1.82) is 5.26 Å². The smallest absolute Gasteiger partial charge is 0.357 e. The molecule has 0 aliphatic heterocycles. The summed E-state index contributed by atoms with van der Waals surface area (Å²) in [6, 6.07) is 7.77. The van der Waals surface area contributed by atoms with E-state index in [1.165, 1.54) is 43.8 Å². The van der Waals surface area contributed by atoms with E-state index < -0.39 is 11.9 Å². The maximum atomic E-state index is 13.3. The number of unbranched alkanes of at least 4 members (excludes halogenated alkanes) is 7. The highest BCUT2D eigenvalue weighted by Crippen LogP contribution is 2.47. The molecule has 2 aromatic carbocycles. The Labute approximate surface area is 266 Å². The minimum atomic E-state index is -0.695. The number of hydrogen-bond acceptors (Lipinski definition) is 9. The van der Waals surface area contributed by atoms with E-state index in [0.717, 1.165) is 30.4 Å². The van der Waals surface area contributed by atoms with Gasteiger partial charge in [0.05, 0.1) is 51.3 Å². The van der Waals surface area contributed by atoms with Crippen LogP contribution >= 0.6 is 0 Å². The molecule has 45 heavy (non-hydrogen) atoms. The van der Waals surface area contributed by atoms with Gasteiger partial charge in [-0.3, -0.25) is 4.79 Å². The molecule has 0 radical (unpaired) electrons. The number of aryl methyl sites for hydroxylation is 1. The van der Waals surface area contributed by atoms with Crippen LogP contribution < -0.4 is 19.9 Å². The molecule has 10 nitrogen and oxygen atoms in total. The Morgan fingerprint density at radius 3 is 1.98 bits per heavy atom. The number of benzene rings is 2. The van der Waals surface area contributed by atoms with Crippen LogP contribution in [0.5, 0.6) is 17.2 Å². The number of ether oxygens (including phenoxy) is 5. The van der Waals surface area contributed by atoms with Gasteiger partial charge in [0.25, 0.3) is 0 Å². The van der Waals surface area contributed by atoms with E-state index in [4.69, 9.17) is 29.4 Å². The van der Waals surface area contributed by atoms with Crippen LogP contribution in [0.1, 0.15) is 93.8 Å². The summed E-state index contributed by atoms with van der Waals surface area (Å²) >= 11 is 0. The summed E-state index contributed by atoms with van der Waals surface area (Å²) in [6.07, 6.45) is 9.89. The average Bonchev–Trinajstić information content (AvgIpc) is 3.32. The van der Waals surface area contributed by atoms with Crippen molar-refractivity contribution < 1.29 is 33.3 Å². The van der Waals surface area contributed by atoms with Gasteiger partial charge in [-0.15, -0.1) is 0 Å². The van der Waals surface area contributed by atoms with Crippen molar-refractivity contribution in [2.45, 2.75) is 85.1 Å². The Morgan fingerprint density at radius 1 is 0.844 bits per heavy atom. The van der Waals surface area contributed by atoms with E-state index in [1.54, 1.807) is 28.1 Å². The van der Waals surface area contributed by atoms with Gasteiger partial charge in [-0.2, -0.15) is 5.26 Å². The highest BCUT2D eigenvalue weighted by Gasteiger charge is 2.30. The van der Waals surface area contributed by atoms with E-state index in [2.05, 4.69) is 13.0 Å². The molecule has 10 heteroatoms. The lowest BCUT2D eigenvalue weighted by atomic mass is 9.89. The fraction of sp³-hybridized carbons (Fsp3) is 0.514. The Morgan fingerprint density at radius 2 is 1.44 bits per heavy atom. The fourth-order valence-corrected chi connectivity index (χ4v) is 5.85. The quantitative estimate of drug-likeness (QED) is 0.115. The SMILES string of the molecule is CCCCCCCCCCc1cc(C#N)c2c(c(N)c(C(=O)OCC)n2CC(=O)OCC)c1-c1cc(OC)c(OC)c(OC)c1. The highest BCUT2D eigenvalue weighted by molar-refractivity contribution is 6.14. The summed E-state index contributed by atoms with van der Waals surface area (Å²) in [4.78, 5) is 26.1. The Bertz CT molecular complexity index is 1500. The van der Waals surface area contributed by atoms with Gasteiger partial charge >= 0.3 is 11.9 Å². The number of nitrogen functional groups attached to an aromatic ring is 1. The molecule has 0 saturated heterocycles. The minimum Gasteiger partial charge on any atom is -0.493 e. The molecule has 1 heterocycles. The van der Waals surface area contributed by atoms with Crippen molar-refractivity contribution in [3.05, 3.63) is 35.0 Å². The topological polar surface area (TPSA) is 135 Å². The highest BCUT2D eigenvalue weighted by atomic mass is 16.5. The van der Waals surface area contributed by atoms with Gasteiger partial charge in [-0.1, -0.05) is 51.9 Å². The molecule has 0 saturated carbocycles. The van der Waals surface area contributed by atoms with Crippen molar-refractivity contribution >= 4 is 28.5 Å². The van der Waals surface area contributed by atoms with Crippen LogP contribution in [0.3, 0.4) is 0 Å². The number of anilines is 1. The van der Waals surface area contributed by atoms with E-state index in [0.29, 0.717) is 45.7 Å². The number of carbonyl (C=O) groups is 2. The number of esters is 2. The minimum absolute atomic E-state index is 0.00526. The summed E-state index contributed by atoms with van der Waals surface area (Å²) in [7, 11) is 4.62. The van der Waals surface area contributed by atoms with E-state index in [-0.39, 0.29) is 31.1 Å². The molecule has 0 aliphatic rings. The van der Waals surface area contributed by atoms with Gasteiger partial charge in [0, 0.05) is 5.39 Å². The average molecular weight is 622 g/mol. The summed E-state index contributed by atoms with van der Waals surface area (Å²) in [6.45, 7) is 5.55. The predicted molar refractivity (Wildman–Crippen MR) is 175 cm³/mol. The number of methoxy groups -OCH3 is 3. The summed E-state index contributed by atoms with van der Waals surface area (Å²) < 4.78 is 28.9. The first-order chi connectivity index (χ1) is 21.8. The number of rotatable bonds is 18. The van der Waals surface area contributed by atoms with Crippen LogP contribution in [0.25, 0.3) is 22.0 Å². The predicted octanol–water partition coefficient (Wildman–Crippen LogP) is 7.21. The van der Waals surface area contributed by atoms with Gasteiger partial charge in [-0.25, -0.2) is 4.79 Å². The molecule has 244 valence electrons. The van der Waals surface area contributed by atoms with Crippen LogP contribution in [0.4, 0.5) is 5.69 Å². The number of hydrogen-bond donors (Lipinski definition) is 1. The Balaban J connectivity index is 2.32. The third-order valence-electron chi connectivity index (χ3n) is 7.88. The molecular weight excluding hydrogens is 574 g/mol. The lowest BCUT2D eigenvalue weighted by molar-refractivity contribution is -0.143. The molecule has 0 bridgehead atoms. The normalized spacial score (nSPS) is 10.9. The van der Waals surface area contributed by atoms with Crippen LogP contribution in [0.15, 0.2) is 18.2 Å². The standard InChI is InChI=1S/C35H47N3O7/c1-7-10-11-12-13-14-15-16-17-23-18-25(21-36)32-30(29(23)24-19-26(41-4)34(43-6)27(20-24)42-5)31(37)33(35(40)45-9-3)38(32)22-28(39)44-8-2/h18-20H,7-17,22,37H2,1-6H3. The summed E-state index contributed by atoms with van der Waals surface area (Å²) in [5, 5.41) is 10.9. The van der Waals surface area contributed by atoms with E-state index in [9.17, 15) is 14.9 Å². The zero-order valence-electron chi connectivity index (χ0n) is 27.5. The van der Waals surface area contributed by atoms with Crippen LogP contribution in [-0.2, 0) is 27.2 Å². The molecule has 3 aromatic rings. The molecule has 0 unspecified atom stereocenters. The second-order valence-electron chi connectivity index (χ2n) is 10.8. The molecule has 0 aliphatic carbocycles. The molecular formula is C35H47N3O7. The lowest BCUT2D eigenvalue weighted by Gasteiger charge is -2.18. The van der Waals surface area contributed by atoms with Gasteiger partial charge in [0.2, 0.25) is 5.75 Å². The monoisotopic (exact) mass is 621 g/mol. The first-order valence-electron chi connectivity index (χ1n) is 15.8. The molecule has 1 aromatic heterocycles. The van der Waals surface area contributed by atoms with Crippen molar-refractivity contribution in [3.8, 4) is 34.4 Å². The van der Waals surface area contributed by atoms with Crippen molar-refractivity contribution in [2.75, 3.05) is 40.3 Å².